The van der Waals surface area contributed by atoms with Crippen molar-refractivity contribution in [2.45, 2.75) is 31.8 Å². The van der Waals surface area contributed by atoms with Gasteiger partial charge in [-0.25, -0.2) is 8.42 Å². The molecule has 2 atom stereocenters. The molecule has 0 bridgehead atoms. The third-order valence-corrected chi connectivity index (χ3v) is 3.75. The Balaban J connectivity index is 2.15. The van der Waals surface area contributed by atoms with Crippen LogP contribution in [-0.2, 0) is 14.6 Å². The average Bonchev–Trinajstić information content (AvgIpc) is 2.57. The second kappa shape index (κ2) is 5.63. The maximum atomic E-state index is 11.3. The molecular formula is C10H19NO4S. The summed E-state index contributed by atoms with van der Waals surface area (Å²) in [6.07, 6.45) is 3.35. The van der Waals surface area contributed by atoms with E-state index in [4.69, 9.17) is 0 Å². The minimum absolute atomic E-state index is 0.0219. The van der Waals surface area contributed by atoms with Crippen molar-refractivity contribution in [2.24, 2.45) is 5.92 Å². The molecule has 6 heteroatoms. The Kier molecular flexibility index (Phi) is 4.73. The lowest BCUT2D eigenvalue weighted by molar-refractivity contribution is -0.120. The Labute approximate surface area is 96.1 Å². The number of aliphatic hydroxyl groups excluding tert-OH is 1. The highest BCUT2D eigenvalue weighted by molar-refractivity contribution is 7.90. The number of hydrogen-bond acceptors (Lipinski definition) is 4. The molecule has 0 saturated heterocycles. The highest BCUT2D eigenvalue weighted by atomic mass is 32.2. The molecule has 2 N–H and O–H groups in total. The minimum atomic E-state index is -3.07. The Morgan fingerprint density at radius 3 is 2.62 bits per heavy atom. The van der Waals surface area contributed by atoms with Gasteiger partial charge < -0.3 is 10.4 Å². The molecule has 0 aliphatic heterocycles. The predicted octanol–water partition coefficient (Wildman–Crippen LogP) is -0.302. The van der Waals surface area contributed by atoms with Crippen LogP contribution in [0.15, 0.2) is 0 Å². The highest BCUT2D eigenvalue weighted by Crippen LogP contribution is 2.24. The molecule has 0 radical (unpaired) electrons. The molecule has 0 aromatic heterocycles. The number of carbonyl (C=O) groups excluding carboxylic acids is 1. The van der Waals surface area contributed by atoms with Crippen molar-refractivity contribution < 1.29 is 18.3 Å². The normalized spacial score (nSPS) is 25.6. The van der Waals surface area contributed by atoms with Crippen molar-refractivity contribution in [3.05, 3.63) is 0 Å². The maximum Gasteiger partial charge on any atom is 0.221 e. The lowest BCUT2D eigenvalue weighted by atomic mass is 10.1. The molecule has 0 aromatic rings. The van der Waals surface area contributed by atoms with E-state index < -0.39 is 9.84 Å². The zero-order chi connectivity index (χ0) is 12.2. The summed E-state index contributed by atoms with van der Waals surface area (Å²) in [6, 6.07) is 0. The summed E-state index contributed by atoms with van der Waals surface area (Å²) >= 11 is 0. The zero-order valence-electron chi connectivity index (χ0n) is 9.48. The van der Waals surface area contributed by atoms with Gasteiger partial charge in [0.05, 0.1) is 11.9 Å². The first-order valence-corrected chi connectivity index (χ1v) is 7.55. The molecule has 0 spiro atoms. The molecule has 0 aromatic carbocycles. The number of carbonyl (C=O) groups is 1. The molecule has 94 valence electrons. The van der Waals surface area contributed by atoms with Gasteiger partial charge in [-0.3, -0.25) is 4.79 Å². The molecule has 1 saturated carbocycles. The standard InChI is InChI=1S/C10H19NO4S/c1-16(14,15)5-4-10(13)11-7-8-2-3-9(12)6-8/h8-9,12H,2-7H2,1H3,(H,11,13). The van der Waals surface area contributed by atoms with Gasteiger partial charge in [0.1, 0.15) is 9.84 Å². The highest BCUT2D eigenvalue weighted by Gasteiger charge is 2.22. The van der Waals surface area contributed by atoms with Crippen LogP contribution in [0.4, 0.5) is 0 Å². The Bertz CT molecular complexity index is 339. The van der Waals surface area contributed by atoms with Crippen molar-refractivity contribution in [3.63, 3.8) is 0 Å². The lowest BCUT2D eigenvalue weighted by Gasteiger charge is -2.10. The number of aliphatic hydroxyl groups is 1. The van der Waals surface area contributed by atoms with E-state index in [0.29, 0.717) is 12.5 Å². The number of nitrogens with one attached hydrogen (secondary N) is 1. The summed E-state index contributed by atoms with van der Waals surface area (Å²) in [7, 11) is -3.07. The molecular weight excluding hydrogens is 230 g/mol. The Morgan fingerprint density at radius 1 is 1.44 bits per heavy atom. The van der Waals surface area contributed by atoms with Crippen LogP contribution in [0.5, 0.6) is 0 Å². The van der Waals surface area contributed by atoms with Crippen molar-refractivity contribution in [1.82, 2.24) is 5.32 Å². The van der Waals surface area contributed by atoms with Crippen LogP contribution in [0, 0.1) is 5.92 Å². The van der Waals surface area contributed by atoms with E-state index in [1.807, 2.05) is 0 Å². The van der Waals surface area contributed by atoms with Crippen LogP contribution in [0.25, 0.3) is 0 Å². The average molecular weight is 249 g/mol. The summed E-state index contributed by atoms with van der Waals surface area (Å²) in [5.74, 6) is -0.00411. The summed E-state index contributed by atoms with van der Waals surface area (Å²) in [5, 5.41) is 12.0. The smallest absolute Gasteiger partial charge is 0.221 e. The summed E-state index contributed by atoms with van der Waals surface area (Å²) in [4.78, 5) is 11.3. The van der Waals surface area contributed by atoms with Crippen LogP contribution < -0.4 is 5.32 Å². The fourth-order valence-electron chi connectivity index (χ4n) is 1.86. The Morgan fingerprint density at radius 2 is 2.12 bits per heavy atom. The number of hydrogen-bond donors (Lipinski definition) is 2. The molecule has 16 heavy (non-hydrogen) atoms. The van der Waals surface area contributed by atoms with Gasteiger partial charge in [0, 0.05) is 19.2 Å². The van der Waals surface area contributed by atoms with Gasteiger partial charge in [-0.1, -0.05) is 0 Å². The number of sulfone groups is 1. The molecule has 2 unspecified atom stereocenters. The zero-order valence-corrected chi connectivity index (χ0v) is 10.3. The van der Waals surface area contributed by atoms with Gasteiger partial charge in [0.2, 0.25) is 5.91 Å². The molecule has 1 amide bonds. The van der Waals surface area contributed by atoms with Crippen molar-refractivity contribution >= 4 is 15.7 Å². The predicted molar refractivity (Wildman–Crippen MR) is 60.7 cm³/mol. The summed E-state index contributed by atoms with van der Waals surface area (Å²) < 4.78 is 21.7. The van der Waals surface area contributed by atoms with E-state index in [2.05, 4.69) is 5.32 Å². The quantitative estimate of drug-likeness (QED) is 0.700. The van der Waals surface area contributed by atoms with Gasteiger partial charge in [-0.05, 0) is 25.2 Å². The topological polar surface area (TPSA) is 83.5 Å². The third kappa shape index (κ3) is 5.46. The Hall–Kier alpha value is -0.620. The first kappa shape index (κ1) is 13.4. The molecule has 1 rings (SSSR count). The summed E-state index contributed by atoms with van der Waals surface area (Å²) in [6.45, 7) is 0.541. The van der Waals surface area contributed by atoms with E-state index in [-0.39, 0.29) is 24.2 Å². The molecule has 0 heterocycles. The summed E-state index contributed by atoms with van der Waals surface area (Å²) in [5.41, 5.74) is 0. The van der Waals surface area contributed by atoms with Gasteiger partial charge in [0.25, 0.3) is 0 Å². The number of amides is 1. The van der Waals surface area contributed by atoms with Gasteiger partial charge in [-0.15, -0.1) is 0 Å². The fourth-order valence-corrected chi connectivity index (χ4v) is 2.41. The van der Waals surface area contributed by atoms with Crippen molar-refractivity contribution in [3.8, 4) is 0 Å². The second-order valence-electron chi connectivity index (χ2n) is 4.52. The largest absolute Gasteiger partial charge is 0.393 e. The second-order valence-corrected chi connectivity index (χ2v) is 6.78. The van der Waals surface area contributed by atoms with Crippen LogP contribution in [0.3, 0.4) is 0 Å². The van der Waals surface area contributed by atoms with E-state index in [1.54, 1.807) is 0 Å². The lowest BCUT2D eigenvalue weighted by Crippen LogP contribution is -2.29. The van der Waals surface area contributed by atoms with E-state index in [1.165, 1.54) is 0 Å². The van der Waals surface area contributed by atoms with Crippen molar-refractivity contribution in [2.75, 3.05) is 18.6 Å². The molecule has 1 fully saturated rings. The SMILES string of the molecule is CS(=O)(=O)CCC(=O)NCC1CCC(O)C1. The van der Waals surface area contributed by atoms with Gasteiger partial charge >= 0.3 is 0 Å². The van der Waals surface area contributed by atoms with Crippen LogP contribution >= 0.6 is 0 Å². The number of rotatable bonds is 5. The van der Waals surface area contributed by atoms with Crippen LogP contribution in [0.1, 0.15) is 25.7 Å². The van der Waals surface area contributed by atoms with E-state index in [9.17, 15) is 18.3 Å². The van der Waals surface area contributed by atoms with E-state index in [0.717, 1.165) is 25.5 Å². The third-order valence-electron chi connectivity index (χ3n) is 2.80. The first-order valence-electron chi connectivity index (χ1n) is 5.49. The van der Waals surface area contributed by atoms with E-state index >= 15 is 0 Å². The first-order chi connectivity index (χ1) is 7.37. The van der Waals surface area contributed by atoms with Crippen LogP contribution in [0.2, 0.25) is 0 Å². The molecule has 5 nitrogen and oxygen atoms in total. The molecule has 1 aliphatic rings. The van der Waals surface area contributed by atoms with Crippen LogP contribution in [-0.4, -0.2) is 44.1 Å². The molecule has 1 aliphatic carbocycles. The maximum absolute atomic E-state index is 11.3. The van der Waals surface area contributed by atoms with Gasteiger partial charge in [0.15, 0.2) is 0 Å². The fraction of sp³-hybridized carbons (Fsp3) is 0.900. The van der Waals surface area contributed by atoms with Crippen molar-refractivity contribution in [1.29, 1.82) is 0 Å². The van der Waals surface area contributed by atoms with Gasteiger partial charge in [-0.2, -0.15) is 0 Å². The monoisotopic (exact) mass is 249 g/mol. The minimum Gasteiger partial charge on any atom is -0.393 e.